The van der Waals surface area contributed by atoms with Crippen molar-refractivity contribution in [1.82, 2.24) is 14.5 Å². The number of hydrogen-bond acceptors (Lipinski definition) is 7. The highest BCUT2D eigenvalue weighted by Crippen LogP contribution is 2.23. The number of nitrogens with one attached hydrogen (secondary N) is 1. The van der Waals surface area contributed by atoms with Gasteiger partial charge in [0.05, 0.1) is 16.3 Å². The molecule has 11 heteroatoms. The first-order valence-corrected chi connectivity index (χ1v) is 14.4. The predicted octanol–water partition coefficient (Wildman–Crippen LogP) is 3.36. The summed E-state index contributed by atoms with van der Waals surface area (Å²) in [5.41, 5.74) is 1.94. The summed E-state index contributed by atoms with van der Waals surface area (Å²) in [6.45, 7) is 2.57. The summed E-state index contributed by atoms with van der Waals surface area (Å²) in [6.07, 6.45) is 2.74. The molecule has 0 saturated carbocycles. The van der Waals surface area contributed by atoms with E-state index in [9.17, 15) is 21.6 Å². The molecule has 4 rings (SSSR count). The molecule has 0 aliphatic carbocycles. The molecule has 0 unspecified atom stereocenters. The Morgan fingerprint density at radius 2 is 1.63 bits per heavy atom. The van der Waals surface area contributed by atoms with Gasteiger partial charge in [-0.05, 0) is 61.4 Å². The van der Waals surface area contributed by atoms with E-state index in [2.05, 4.69) is 15.5 Å². The van der Waals surface area contributed by atoms with E-state index < -0.39 is 19.9 Å². The molecule has 1 aliphatic rings. The molecule has 1 N–H and O–H groups in total. The Morgan fingerprint density at radius 1 is 0.914 bits per heavy atom. The minimum atomic E-state index is -3.56. The lowest BCUT2D eigenvalue weighted by molar-refractivity contribution is 0.102. The summed E-state index contributed by atoms with van der Waals surface area (Å²) >= 11 is 0. The summed E-state index contributed by atoms with van der Waals surface area (Å²) in [5, 5.41) is 10.5. The van der Waals surface area contributed by atoms with Gasteiger partial charge in [0.15, 0.2) is 14.9 Å². The Balaban J connectivity index is 1.47. The van der Waals surface area contributed by atoms with Crippen LogP contribution in [0.2, 0.25) is 0 Å². The normalized spacial score (nSPS) is 15.0. The van der Waals surface area contributed by atoms with E-state index >= 15 is 0 Å². The largest absolute Gasteiger partial charge is 0.322 e. The molecule has 1 amide bonds. The van der Waals surface area contributed by atoms with Crippen LogP contribution in [-0.2, 0) is 19.9 Å². The van der Waals surface area contributed by atoms with Gasteiger partial charge in [0, 0.05) is 29.9 Å². The van der Waals surface area contributed by atoms with E-state index in [1.807, 2.05) is 0 Å². The highest BCUT2D eigenvalue weighted by molar-refractivity contribution is 7.91. The van der Waals surface area contributed by atoms with Crippen molar-refractivity contribution in [3.8, 4) is 11.3 Å². The number of carbonyl (C=O) groups excluding carboxylic acids is 1. The van der Waals surface area contributed by atoms with Crippen molar-refractivity contribution in [3.63, 3.8) is 0 Å². The smallest absolute Gasteiger partial charge is 0.255 e. The van der Waals surface area contributed by atoms with Crippen LogP contribution >= 0.6 is 0 Å². The highest BCUT2D eigenvalue weighted by atomic mass is 32.2. The second-order valence-corrected chi connectivity index (χ2v) is 12.3. The number of aromatic nitrogens is 2. The SMILES string of the molecule is CCS(=O)(=O)c1ccc(-c2cccc(NC(=O)c3ccc(S(=O)(=O)N4CCCCC4)cc3)c2)nn1. The molecular weight excluding hydrogens is 488 g/mol. The van der Waals surface area contributed by atoms with Crippen molar-refractivity contribution in [2.45, 2.75) is 36.1 Å². The maximum Gasteiger partial charge on any atom is 0.255 e. The molecule has 1 saturated heterocycles. The summed E-state index contributed by atoms with van der Waals surface area (Å²) < 4.78 is 51.0. The summed E-state index contributed by atoms with van der Waals surface area (Å²) in [5.74, 6) is -0.451. The molecule has 0 bridgehead atoms. The van der Waals surface area contributed by atoms with Crippen LogP contribution in [0.25, 0.3) is 11.3 Å². The number of rotatable bonds is 7. The molecule has 2 aromatic carbocycles. The minimum Gasteiger partial charge on any atom is -0.322 e. The number of hydrogen-bond donors (Lipinski definition) is 1. The van der Waals surface area contributed by atoms with E-state index in [4.69, 9.17) is 0 Å². The molecule has 184 valence electrons. The van der Waals surface area contributed by atoms with Gasteiger partial charge in [-0.25, -0.2) is 16.8 Å². The second kappa shape index (κ2) is 10.2. The van der Waals surface area contributed by atoms with Crippen molar-refractivity contribution >= 4 is 31.5 Å². The van der Waals surface area contributed by atoms with Gasteiger partial charge in [-0.3, -0.25) is 4.79 Å². The predicted molar refractivity (Wildman–Crippen MR) is 132 cm³/mol. The number of nitrogens with zero attached hydrogens (tertiary/aromatic N) is 3. The Labute approximate surface area is 205 Å². The van der Waals surface area contributed by atoms with Crippen LogP contribution in [0.1, 0.15) is 36.5 Å². The van der Waals surface area contributed by atoms with Gasteiger partial charge >= 0.3 is 0 Å². The van der Waals surface area contributed by atoms with Crippen LogP contribution in [0.3, 0.4) is 0 Å². The number of carbonyl (C=O) groups is 1. The van der Waals surface area contributed by atoms with E-state index in [-0.39, 0.29) is 21.6 Å². The van der Waals surface area contributed by atoms with E-state index in [1.165, 1.54) is 41.6 Å². The van der Waals surface area contributed by atoms with Crippen molar-refractivity contribution in [1.29, 1.82) is 0 Å². The fraction of sp³-hybridized carbons (Fsp3) is 0.292. The monoisotopic (exact) mass is 514 g/mol. The lowest BCUT2D eigenvalue weighted by Crippen LogP contribution is -2.35. The van der Waals surface area contributed by atoms with E-state index in [1.54, 1.807) is 30.3 Å². The first-order valence-electron chi connectivity index (χ1n) is 11.3. The summed E-state index contributed by atoms with van der Waals surface area (Å²) in [6, 6.07) is 15.8. The Hall–Kier alpha value is -3.15. The van der Waals surface area contributed by atoms with Crippen LogP contribution in [0, 0.1) is 0 Å². The zero-order chi connectivity index (χ0) is 25.1. The fourth-order valence-corrected chi connectivity index (χ4v) is 6.03. The molecular formula is C24H26N4O5S2. The number of anilines is 1. The Kier molecular flexibility index (Phi) is 7.29. The highest BCUT2D eigenvalue weighted by Gasteiger charge is 2.26. The second-order valence-electron chi connectivity index (χ2n) is 8.18. The lowest BCUT2D eigenvalue weighted by Gasteiger charge is -2.25. The Bertz CT molecular complexity index is 1420. The van der Waals surface area contributed by atoms with E-state index in [0.717, 1.165) is 19.3 Å². The topological polar surface area (TPSA) is 126 Å². The number of sulfone groups is 1. The van der Waals surface area contributed by atoms with Crippen molar-refractivity contribution in [3.05, 3.63) is 66.2 Å². The van der Waals surface area contributed by atoms with Gasteiger partial charge in [0.25, 0.3) is 5.91 Å². The molecule has 1 aliphatic heterocycles. The minimum absolute atomic E-state index is 0.0618. The third kappa shape index (κ3) is 5.58. The third-order valence-electron chi connectivity index (χ3n) is 5.82. The van der Waals surface area contributed by atoms with Gasteiger partial charge in [-0.1, -0.05) is 25.5 Å². The first kappa shape index (κ1) is 25.0. The Morgan fingerprint density at radius 3 is 2.26 bits per heavy atom. The van der Waals surface area contributed by atoms with E-state index in [0.29, 0.717) is 35.6 Å². The van der Waals surface area contributed by atoms with Crippen molar-refractivity contribution in [2.75, 3.05) is 24.2 Å². The average molecular weight is 515 g/mol. The third-order valence-corrected chi connectivity index (χ3v) is 9.35. The maximum atomic E-state index is 12.8. The van der Waals surface area contributed by atoms with Gasteiger partial charge in [0.1, 0.15) is 0 Å². The zero-order valence-corrected chi connectivity index (χ0v) is 20.8. The summed E-state index contributed by atoms with van der Waals surface area (Å²) in [4.78, 5) is 12.9. The molecule has 35 heavy (non-hydrogen) atoms. The molecule has 0 radical (unpaired) electrons. The molecule has 2 heterocycles. The number of amides is 1. The maximum absolute atomic E-state index is 12.8. The molecule has 0 spiro atoms. The van der Waals surface area contributed by atoms with Crippen LogP contribution < -0.4 is 5.32 Å². The molecule has 1 aromatic heterocycles. The average Bonchev–Trinajstić information content (AvgIpc) is 2.89. The van der Waals surface area contributed by atoms with Gasteiger partial charge in [0.2, 0.25) is 10.0 Å². The summed E-state index contributed by atoms with van der Waals surface area (Å²) in [7, 11) is -7.00. The first-order chi connectivity index (χ1) is 16.7. The van der Waals surface area contributed by atoms with Crippen LogP contribution in [-0.4, -0.2) is 56.1 Å². The molecule has 3 aromatic rings. The number of benzene rings is 2. The number of sulfonamides is 1. The molecule has 9 nitrogen and oxygen atoms in total. The molecule has 1 fully saturated rings. The van der Waals surface area contributed by atoms with Crippen LogP contribution in [0.15, 0.2) is 70.6 Å². The number of piperidine rings is 1. The van der Waals surface area contributed by atoms with Gasteiger partial charge in [-0.15, -0.1) is 10.2 Å². The zero-order valence-electron chi connectivity index (χ0n) is 19.2. The van der Waals surface area contributed by atoms with Gasteiger partial charge in [-0.2, -0.15) is 4.31 Å². The van der Waals surface area contributed by atoms with Crippen molar-refractivity contribution < 1.29 is 21.6 Å². The van der Waals surface area contributed by atoms with Gasteiger partial charge < -0.3 is 5.32 Å². The molecule has 0 atom stereocenters. The van der Waals surface area contributed by atoms with Crippen LogP contribution in [0.4, 0.5) is 5.69 Å². The van der Waals surface area contributed by atoms with Crippen molar-refractivity contribution in [2.24, 2.45) is 0 Å². The quantitative estimate of drug-likeness (QED) is 0.512. The lowest BCUT2D eigenvalue weighted by atomic mass is 10.1. The fourth-order valence-electron chi connectivity index (χ4n) is 3.78. The standard InChI is InChI=1S/C24H26N4O5S2/c1-2-34(30,31)23-14-13-22(26-27-23)19-7-6-8-20(17-19)25-24(29)18-9-11-21(12-10-18)35(32,33)28-15-4-3-5-16-28/h6-14,17H,2-5,15-16H2,1H3,(H,25,29). The van der Waals surface area contributed by atoms with Crippen LogP contribution in [0.5, 0.6) is 0 Å².